The summed E-state index contributed by atoms with van der Waals surface area (Å²) in [4.78, 5) is 11.6. The van der Waals surface area contributed by atoms with Crippen LogP contribution in [0.15, 0.2) is 48.5 Å². The van der Waals surface area contributed by atoms with Gasteiger partial charge in [0.25, 0.3) is 0 Å². The molecule has 3 rings (SSSR count). The Morgan fingerprint density at radius 3 is 1.88 bits per heavy atom. The monoisotopic (exact) mass is 224 g/mol. The third-order valence-electron chi connectivity index (χ3n) is 3.35. The highest BCUT2D eigenvalue weighted by Gasteiger charge is 2.37. The smallest absolute Gasteiger partial charge is 0.134 e. The van der Waals surface area contributed by atoms with Crippen molar-refractivity contribution in [2.75, 3.05) is 0 Å². The van der Waals surface area contributed by atoms with Gasteiger partial charge >= 0.3 is 0 Å². The van der Waals surface area contributed by atoms with Crippen LogP contribution >= 0.6 is 0 Å². The molecular weight excluding hydrogens is 212 g/mol. The summed E-state index contributed by atoms with van der Waals surface area (Å²) in [6, 6.07) is 15.4. The number of para-hydroxylation sites is 2. The number of ether oxygens (including phenoxy) is 1. The van der Waals surface area contributed by atoms with Gasteiger partial charge in [-0.05, 0) is 19.1 Å². The molecule has 0 N–H and O–H groups in total. The van der Waals surface area contributed by atoms with Crippen LogP contribution in [0, 0.1) is 0 Å². The van der Waals surface area contributed by atoms with Crippen LogP contribution in [0.5, 0.6) is 11.5 Å². The average molecular weight is 224 g/mol. The van der Waals surface area contributed by atoms with Gasteiger partial charge in [0.2, 0.25) is 0 Å². The molecule has 0 amide bonds. The van der Waals surface area contributed by atoms with Gasteiger partial charge in [-0.15, -0.1) is 0 Å². The number of carbonyl (C=O) groups excluding carboxylic acids is 1. The summed E-state index contributed by atoms with van der Waals surface area (Å²) in [5.74, 6) is 1.53. The van der Waals surface area contributed by atoms with Crippen LogP contribution in [0.25, 0.3) is 0 Å². The molecule has 0 bridgehead atoms. The number of fused-ring (bicyclic) bond motifs is 2. The van der Waals surface area contributed by atoms with Crippen LogP contribution in [0.1, 0.15) is 18.1 Å². The summed E-state index contributed by atoms with van der Waals surface area (Å²) >= 11 is 0. The molecule has 0 unspecified atom stereocenters. The Morgan fingerprint density at radius 2 is 1.41 bits per heavy atom. The van der Waals surface area contributed by atoms with Crippen molar-refractivity contribution in [3.05, 3.63) is 59.7 Å². The lowest BCUT2D eigenvalue weighted by Gasteiger charge is -2.32. The quantitative estimate of drug-likeness (QED) is 0.695. The SMILES string of the molecule is CC1(C=O)c2ccccc2Oc2ccccc21. The number of hydrogen-bond donors (Lipinski definition) is 0. The van der Waals surface area contributed by atoms with Crippen molar-refractivity contribution in [2.45, 2.75) is 12.3 Å². The molecule has 1 aliphatic heterocycles. The Hall–Kier alpha value is -2.09. The lowest BCUT2D eigenvalue weighted by Crippen LogP contribution is -2.29. The van der Waals surface area contributed by atoms with Crippen molar-refractivity contribution in [2.24, 2.45) is 0 Å². The van der Waals surface area contributed by atoms with E-state index in [1.54, 1.807) is 0 Å². The van der Waals surface area contributed by atoms with Crippen LogP contribution in [-0.4, -0.2) is 6.29 Å². The highest BCUT2D eigenvalue weighted by Crippen LogP contribution is 2.46. The molecule has 2 nitrogen and oxygen atoms in total. The predicted molar refractivity (Wildman–Crippen MR) is 65.5 cm³/mol. The first-order chi connectivity index (χ1) is 8.25. The molecule has 1 heterocycles. The molecule has 0 aliphatic carbocycles. The number of aldehydes is 1. The fourth-order valence-electron chi connectivity index (χ4n) is 2.36. The first kappa shape index (κ1) is 10.1. The Morgan fingerprint density at radius 1 is 0.941 bits per heavy atom. The van der Waals surface area contributed by atoms with E-state index in [1.165, 1.54) is 0 Å². The molecule has 2 aromatic carbocycles. The van der Waals surface area contributed by atoms with Gasteiger partial charge in [-0.3, -0.25) is 0 Å². The topological polar surface area (TPSA) is 26.3 Å². The van der Waals surface area contributed by atoms with Crippen molar-refractivity contribution in [3.63, 3.8) is 0 Å². The van der Waals surface area contributed by atoms with E-state index < -0.39 is 5.41 Å². The highest BCUT2D eigenvalue weighted by molar-refractivity contribution is 5.79. The van der Waals surface area contributed by atoms with Crippen LogP contribution in [-0.2, 0) is 10.2 Å². The van der Waals surface area contributed by atoms with E-state index in [9.17, 15) is 4.79 Å². The molecule has 84 valence electrons. The minimum Gasteiger partial charge on any atom is -0.457 e. The molecule has 17 heavy (non-hydrogen) atoms. The summed E-state index contributed by atoms with van der Waals surface area (Å²) < 4.78 is 5.82. The molecule has 2 heteroatoms. The Balaban J connectivity index is 2.32. The van der Waals surface area contributed by atoms with E-state index in [4.69, 9.17) is 4.74 Å². The third-order valence-corrected chi connectivity index (χ3v) is 3.35. The van der Waals surface area contributed by atoms with Crippen molar-refractivity contribution in [3.8, 4) is 11.5 Å². The summed E-state index contributed by atoms with van der Waals surface area (Å²) in [5.41, 5.74) is 1.23. The molecule has 1 aliphatic rings. The van der Waals surface area contributed by atoms with Crippen molar-refractivity contribution in [1.29, 1.82) is 0 Å². The zero-order valence-electron chi connectivity index (χ0n) is 9.51. The van der Waals surface area contributed by atoms with Crippen molar-refractivity contribution < 1.29 is 9.53 Å². The molecule has 0 radical (unpaired) electrons. The number of benzene rings is 2. The summed E-state index contributed by atoms with van der Waals surface area (Å²) in [5, 5.41) is 0. The molecule has 0 aromatic heterocycles. The largest absolute Gasteiger partial charge is 0.457 e. The normalized spacial score (nSPS) is 15.4. The van der Waals surface area contributed by atoms with Gasteiger partial charge in [0.15, 0.2) is 0 Å². The average Bonchev–Trinajstić information content (AvgIpc) is 2.39. The molecular formula is C15H12O2. The van der Waals surface area contributed by atoms with Crippen LogP contribution in [0.2, 0.25) is 0 Å². The Bertz CT molecular complexity index is 541. The fraction of sp³-hybridized carbons (Fsp3) is 0.133. The second-order valence-electron chi connectivity index (χ2n) is 4.41. The standard InChI is InChI=1S/C15H12O2/c1-15(10-16)11-6-2-4-8-13(11)17-14-9-5-3-7-12(14)15/h2-10H,1H3. The zero-order valence-corrected chi connectivity index (χ0v) is 9.51. The molecule has 2 aromatic rings. The van der Waals surface area contributed by atoms with E-state index in [-0.39, 0.29) is 0 Å². The number of hydrogen-bond acceptors (Lipinski definition) is 2. The predicted octanol–water partition coefficient (Wildman–Crippen LogP) is 3.30. The maximum Gasteiger partial charge on any atom is 0.134 e. The third kappa shape index (κ3) is 1.30. The minimum absolute atomic E-state index is 0.620. The first-order valence-corrected chi connectivity index (χ1v) is 5.59. The molecule has 0 fully saturated rings. The molecule has 0 saturated carbocycles. The zero-order chi connectivity index (χ0) is 11.9. The Kier molecular flexibility index (Phi) is 2.05. The lowest BCUT2D eigenvalue weighted by molar-refractivity contribution is -0.111. The van der Waals surface area contributed by atoms with E-state index in [0.717, 1.165) is 28.9 Å². The molecule has 0 atom stereocenters. The number of rotatable bonds is 1. The van der Waals surface area contributed by atoms with Crippen molar-refractivity contribution in [1.82, 2.24) is 0 Å². The maximum absolute atomic E-state index is 11.6. The maximum atomic E-state index is 11.6. The van der Waals surface area contributed by atoms with E-state index >= 15 is 0 Å². The molecule has 0 saturated heterocycles. The fourth-order valence-corrected chi connectivity index (χ4v) is 2.36. The van der Waals surface area contributed by atoms with Gasteiger partial charge in [-0.1, -0.05) is 36.4 Å². The summed E-state index contributed by atoms with van der Waals surface area (Å²) in [6.45, 7) is 1.93. The van der Waals surface area contributed by atoms with Gasteiger partial charge in [0, 0.05) is 11.1 Å². The van der Waals surface area contributed by atoms with Gasteiger partial charge < -0.3 is 9.53 Å². The second kappa shape index (κ2) is 3.45. The van der Waals surface area contributed by atoms with E-state index in [1.807, 2.05) is 55.5 Å². The van der Waals surface area contributed by atoms with Crippen LogP contribution in [0.4, 0.5) is 0 Å². The van der Waals surface area contributed by atoms with E-state index in [0.29, 0.717) is 0 Å². The van der Waals surface area contributed by atoms with E-state index in [2.05, 4.69) is 0 Å². The second-order valence-corrected chi connectivity index (χ2v) is 4.41. The van der Waals surface area contributed by atoms with Gasteiger partial charge in [0.05, 0.1) is 5.41 Å². The van der Waals surface area contributed by atoms with Gasteiger partial charge in [-0.2, -0.15) is 0 Å². The van der Waals surface area contributed by atoms with Crippen molar-refractivity contribution >= 4 is 6.29 Å². The summed E-state index contributed by atoms with van der Waals surface area (Å²) in [6.07, 6.45) is 0.993. The highest BCUT2D eigenvalue weighted by atomic mass is 16.5. The van der Waals surface area contributed by atoms with Crippen LogP contribution in [0.3, 0.4) is 0 Å². The first-order valence-electron chi connectivity index (χ1n) is 5.59. The lowest BCUT2D eigenvalue weighted by atomic mass is 9.75. The summed E-state index contributed by atoms with van der Waals surface area (Å²) in [7, 11) is 0. The van der Waals surface area contributed by atoms with Gasteiger partial charge in [-0.25, -0.2) is 0 Å². The van der Waals surface area contributed by atoms with Crippen LogP contribution < -0.4 is 4.74 Å². The minimum atomic E-state index is -0.620. The van der Waals surface area contributed by atoms with Gasteiger partial charge in [0.1, 0.15) is 17.8 Å². The number of carbonyl (C=O) groups is 1. The molecule has 0 spiro atoms. The Labute approximate surface area is 99.9 Å².